The molecule has 1 saturated heterocycles. The van der Waals surface area contributed by atoms with Crippen LogP contribution in [-0.2, 0) is 5.54 Å². The maximum Gasteiger partial charge on any atom is 0.112 e. The summed E-state index contributed by atoms with van der Waals surface area (Å²) in [7, 11) is 0. The minimum Gasteiger partial charge on any atom is -0.311 e. The van der Waals surface area contributed by atoms with Gasteiger partial charge in [0.15, 0.2) is 0 Å². The zero-order chi connectivity index (χ0) is 15.6. The largest absolute Gasteiger partial charge is 0.311 e. The van der Waals surface area contributed by atoms with Crippen LogP contribution in [0.4, 0.5) is 0 Å². The van der Waals surface area contributed by atoms with Crippen LogP contribution in [0.15, 0.2) is 11.6 Å². The molecule has 0 spiro atoms. The number of thiazole rings is 1. The molecule has 1 N–H and O–H groups in total. The molecule has 3 unspecified atom stereocenters. The van der Waals surface area contributed by atoms with Gasteiger partial charge in [0.1, 0.15) is 5.01 Å². The smallest absolute Gasteiger partial charge is 0.112 e. The van der Waals surface area contributed by atoms with E-state index in [9.17, 15) is 0 Å². The molecule has 0 radical (unpaired) electrons. The van der Waals surface area contributed by atoms with E-state index in [4.69, 9.17) is 0 Å². The summed E-state index contributed by atoms with van der Waals surface area (Å²) in [4.78, 5) is 7.30. The number of piperazine rings is 1. The van der Waals surface area contributed by atoms with Gasteiger partial charge in [0.25, 0.3) is 0 Å². The van der Waals surface area contributed by atoms with Crippen molar-refractivity contribution in [3.05, 3.63) is 16.6 Å². The Labute approximate surface area is 134 Å². The van der Waals surface area contributed by atoms with Crippen LogP contribution < -0.4 is 5.32 Å². The summed E-state index contributed by atoms with van der Waals surface area (Å²) >= 11 is 1.78. The Bertz CT molecular complexity index is 427. The molecule has 2 rings (SSSR count). The van der Waals surface area contributed by atoms with Crippen LogP contribution >= 0.6 is 11.3 Å². The van der Waals surface area contributed by atoms with Crippen molar-refractivity contribution in [2.75, 3.05) is 13.1 Å². The third-order valence-corrected chi connectivity index (χ3v) is 6.24. The van der Waals surface area contributed by atoms with Gasteiger partial charge in [-0.15, -0.1) is 11.3 Å². The van der Waals surface area contributed by atoms with Crippen LogP contribution in [0.3, 0.4) is 0 Å². The van der Waals surface area contributed by atoms with Crippen molar-refractivity contribution >= 4 is 11.3 Å². The van der Waals surface area contributed by atoms with Gasteiger partial charge in [0.2, 0.25) is 0 Å². The normalized spacial score (nSPS) is 26.2. The lowest BCUT2D eigenvalue weighted by Crippen LogP contribution is -2.64. The Kier molecular flexibility index (Phi) is 5.44. The van der Waals surface area contributed by atoms with Crippen LogP contribution in [0.5, 0.6) is 0 Å². The number of rotatable bonds is 5. The first kappa shape index (κ1) is 16.9. The van der Waals surface area contributed by atoms with Gasteiger partial charge in [-0.2, -0.15) is 0 Å². The highest BCUT2D eigenvalue weighted by Crippen LogP contribution is 2.35. The molecule has 0 amide bonds. The average molecular weight is 310 g/mol. The molecule has 1 aromatic rings. The Balaban J connectivity index is 2.25. The van der Waals surface area contributed by atoms with Gasteiger partial charge in [-0.3, -0.25) is 4.90 Å². The summed E-state index contributed by atoms with van der Waals surface area (Å²) in [6.45, 7) is 16.2. The van der Waals surface area contributed by atoms with Crippen LogP contribution in [0.2, 0.25) is 0 Å². The van der Waals surface area contributed by atoms with Crippen molar-refractivity contribution in [1.82, 2.24) is 15.2 Å². The fourth-order valence-corrected chi connectivity index (χ4v) is 4.12. The summed E-state index contributed by atoms with van der Waals surface area (Å²) in [5, 5.41) is 7.12. The van der Waals surface area contributed by atoms with E-state index in [1.165, 1.54) is 11.4 Å². The van der Waals surface area contributed by atoms with E-state index in [0.29, 0.717) is 23.9 Å². The first-order chi connectivity index (χ1) is 9.87. The molecule has 0 aromatic carbocycles. The highest BCUT2D eigenvalue weighted by molar-refractivity contribution is 7.09. The first-order valence-electron chi connectivity index (χ1n) is 8.28. The van der Waals surface area contributed by atoms with Crippen molar-refractivity contribution < 1.29 is 0 Å². The molecule has 1 fully saturated rings. The summed E-state index contributed by atoms with van der Waals surface area (Å²) in [5.74, 6) is 1.36. The summed E-state index contributed by atoms with van der Waals surface area (Å²) in [6, 6.07) is 1.16. The van der Waals surface area contributed by atoms with Crippen molar-refractivity contribution in [3.8, 4) is 0 Å². The van der Waals surface area contributed by atoms with Gasteiger partial charge in [-0.1, -0.05) is 34.1 Å². The van der Waals surface area contributed by atoms with E-state index in [1.54, 1.807) is 11.3 Å². The van der Waals surface area contributed by atoms with Crippen LogP contribution in [-0.4, -0.2) is 35.1 Å². The zero-order valence-corrected chi connectivity index (χ0v) is 15.2. The number of hydrogen-bond donors (Lipinski definition) is 1. The predicted molar refractivity (Wildman–Crippen MR) is 91.7 cm³/mol. The molecule has 1 aliphatic rings. The second-order valence-electron chi connectivity index (χ2n) is 7.26. The Morgan fingerprint density at radius 3 is 2.67 bits per heavy atom. The summed E-state index contributed by atoms with van der Waals surface area (Å²) in [6.07, 6.45) is 3.16. The molecule has 1 aromatic heterocycles. The van der Waals surface area contributed by atoms with E-state index in [-0.39, 0.29) is 5.54 Å². The molecule has 21 heavy (non-hydrogen) atoms. The van der Waals surface area contributed by atoms with E-state index in [2.05, 4.69) is 62.1 Å². The molecular formula is C17H31N3S. The second kappa shape index (κ2) is 6.76. The van der Waals surface area contributed by atoms with Crippen LogP contribution in [0.1, 0.15) is 53.0 Å². The summed E-state index contributed by atoms with van der Waals surface area (Å²) in [5.41, 5.74) is 0.0108. The Morgan fingerprint density at radius 1 is 1.43 bits per heavy atom. The van der Waals surface area contributed by atoms with Gasteiger partial charge in [0.05, 0.1) is 5.54 Å². The van der Waals surface area contributed by atoms with Gasteiger partial charge >= 0.3 is 0 Å². The quantitative estimate of drug-likeness (QED) is 0.898. The average Bonchev–Trinajstić information content (AvgIpc) is 3.00. The molecule has 2 heterocycles. The second-order valence-corrected chi connectivity index (χ2v) is 8.15. The topological polar surface area (TPSA) is 28.2 Å². The maximum atomic E-state index is 4.60. The SMILES string of the molecule is CCC(C)C1CN(C(C)(C)c2nccs2)C(C(C)C)CN1. The third-order valence-electron chi connectivity index (χ3n) is 5.16. The molecule has 3 atom stereocenters. The number of hydrogen-bond acceptors (Lipinski definition) is 4. The Hall–Kier alpha value is -0.450. The van der Waals surface area contributed by atoms with Crippen molar-refractivity contribution in [2.45, 2.75) is 65.6 Å². The lowest BCUT2D eigenvalue weighted by molar-refractivity contribution is -0.00175. The molecular weight excluding hydrogens is 278 g/mol. The standard InChI is InChI=1S/C17H31N3S/c1-7-13(4)14-11-20(15(10-19-14)12(2)3)17(5,6)16-18-8-9-21-16/h8-9,12-15,19H,7,10-11H2,1-6H3. The first-order valence-corrected chi connectivity index (χ1v) is 9.16. The van der Waals surface area contributed by atoms with Crippen LogP contribution in [0.25, 0.3) is 0 Å². The third kappa shape index (κ3) is 3.49. The fraction of sp³-hybridized carbons (Fsp3) is 0.824. The monoisotopic (exact) mass is 309 g/mol. The van der Waals surface area contributed by atoms with Gasteiger partial charge < -0.3 is 5.32 Å². The lowest BCUT2D eigenvalue weighted by atomic mass is 9.88. The molecule has 4 heteroatoms. The molecule has 1 aliphatic heterocycles. The van der Waals surface area contributed by atoms with Crippen molar-refractivity contribution in [2.24, 2.45) is 11.8 Å². The van der Waals surface area contributed by atoms with E-state index in [1.807, 2.05) is 6.20 Å². The predicted octanol–water partition coefficient (Wildman–Crippen LogP) is 3.72. The van der Waals surface area contributed by atoms with E-state index >= 15 is 0 Å². The molecule has 0 saturated carbocycles. The highest BCUT2D eigenvalue weighted by Gasteiger charge is 2.41. The number of aromatic nitrogens is 1. The van der Waals surface area contributed by atoms with Crippen LogP contribution in [0, 0.1) is 11.8 Å². The highest BCUT2D eigenvalue weighted by atomic mass is 32.1. The molecule has 120 valence electrons. The minimum atomic E-state index is 0.0108. The summed E-state index contributed by atoms with van der Waals surface area (Å²) < 4.78 is 0. The fourth-order valence-electron chi connectivity index (χ4n) is 3.35. The number of nitrogens with zero attached hydrogens (tertiary/aromatic N) is 2. The van der Waals surface area contributed by atoms with E-state index < -0.39 is 0 Å². The Morgan fingerprint density at radius 2 is 2.14 bits per heavy atom. The van der Waals surface area contributed by atoms with Crippen molar-refractivity contribution in [3.63, 3.8) is 0 Å². The van der Waals surface area contributed by atoms with E-state index in [0.717, 1.165) is 13.1 Å². The number of nitrogens with one attached hydrogen (secondary N) is 1. The minimum absolute atomic E-state index is 0.0108. The molecule has 0 aliphatic carbocycles. The van der Waals surface area contributed by atoms with Gasteiger partial charge in [0, 0.05) is 36.8 Å². The van der Waals surface area contributed by atoms with Crippen molar-refractivity contribution in [1.29, 1.82) is 0 Å². The molecule has 3 nitrogen and oxygen atoms in total. The molecule has 0 bridgehead atoms. The van der Waals surface area contributed by atoms with Gasteiger partial charge in [-0.25, -0.2) is 4.98 Å². The van der Waals surface area contributed by atoms with Gasteiger partial charge in [-0.05, 0) is 25.7 Å². The zero-order valence-electron chi connectivity index (χ0n) is 14.4. The lowest BCUT2D eigenvalue weighted by Gasteiger charge is -2.50. The maximum absolute atomic E-state index is 4.60.